The zero-order valence-corrected chi connectivity index (χ0v) is 12.8. The number of nitrogens with zero attached hydrogens (tertiary/aromatic N) is 1. The highest BCUT2D eigenvalue weighted by Crippen LogP contribution is 2.13. The third-order valence-corrected chi connectivity index (χ3v) is 4.19. The van der Waals surface area contributed by atoms with Crippen LogP contribution < -0.4 is 5.32 Å². The van der Waals surface area contributed by atoms with Crippen LogP contribution >= 0.6 is 11.6 Å². The number of benzene rings is 1. The van der Waals surface area contributed by atoms with Crippen molar-refractivity contribution in [2.24, 2.45) is 0 Å². The van der Waals surface area contributed by atoms with Gasteiger partial charge in [-0.05, 0) is 44.4 Å². The highest BCUT2D eigenvalue weighted by molar-refractivity contribution is 6.17. The van der Waals surface area contributed by atoms with Gasteiger partial charge in [0, 0.05) is 30.6 Å². The second kappa shape index (κ2) is 7.65. The molecule has 0 aliphatic carbocycles. The van der Waals surface area contributed by atoms with E-state index in [4.69, 9.17) is 11.6 Å². The molecule has 0 unspecified atom stereocenters. The molecule has 0 spiro atoms. The van der Waals surface area contributed by atoms with Crippen molar-refractivity contribution in [2.45, 2.75) is 32.2 Å². The molecule has 2 rings (SSSR count). The number of likely N-dealkylation sites (tertiary alicyclic amines) is 1. The highest BCUT2D eigenvalue weighted by atomic mass is 35.5. The Bertz CT molecular complexity index is 442. The molecule has 1 N–H and O–H groups in total. The van der Waals surface area contributed by atoms with Crippen LogP contribution in [0.15, 0.2) is 24.3 Å². The summed E-state index contributed by atoms with van der Waals surface area (Å²) in [6.07, 6.45) is 3.10. The van der Waals surface area contributed by atoms with Crippen molar-refractivity contribution < 1.29 is 4.79 Å². The van der Waals surface area contributed by atoms with E-state index >= 15 is 0 Å². The standard InChI is InChI=1S/C16H23ClN2O/c1-13-5-2-3-6-15(13)16(20)18-14-7-11-19(12-8-14)10-4-9-17/h2-3,5-6,14H,4,7-12H2,1H3,(H,18,20). The van der Waals surface area contributed by atoms with Crippen LogP contribution in [-0.4, -0.2) is 42.4 Å². The van der Waals surface area contributed by atoms with Gasteiger partial charge in [0.25, 0.3) is 5.91 Å². The molecule has 20 heavy (non-hydrogen) atoms. The van der Waals surface area contributed by atoms with Crippen molar-refractivity contribution in [3.8, 4) is 0 Å². The predicted octanol–water partition coefficient (Wildman–Crippen LogP) is 2.82. The van der Waals surface area contributed by atoms with E-state index in [9.17, 15) is 4.79 Å². The molecule has 1 aromatic carbocycles. The average Bonchev–Trinajstić information content (AvgIpc) is 2.47. The second-order valence-electron chi connectivity index (χ2n) is 5.45. The molecular weight excluding hydrogens is 272 g/mol. The van der Waals surface area contributed by atoms with Crippen LogP contribution in [0.3, 0.4) is 0 Å². The van der Waals surface area contributed by atoms with E-state index in [2.05, 4.69) is 10.2 Å². The summed E-state index contributed by atoms with van der Waals surface area (Å²) in [6.45, 7) is 5.15. The molecule has 0 bridgehead atoms. The van der Waals surface area contributed by atoms with Gasteiger partial charge in [-0.2, -0.15) is 0 Å². The van der Waals surface area contributed by atoms with Gasteiger partial charge in [-0.3, -0.25) is 4.79 Å². The van der Waals surface area contributed by atoms with Crippen LogP contribution in [0.5, 0.6) is 0 Å². The fourth-order valence-corrected chi connectivity index (χ4v) is 2.79. The number of nitrogens with one attached hydrogen (secondary N) is 1. The molecule has 1 aromatic rings. The Hall–Kier alpha value is -1.06. The van der Waals surface area contributed by atoms with Crippen LogP contribution in [0.2, 0.25) is 0 Å². The predicted molar refractivity (Wildman–Crippen MR) is 83.4 cm³/mol. The molecule has 0 saturated carbocycles. The minimum atomic E-state index is 0.0577. The summed E-state index contributed by atoms with van der Waals surface area (Å²) in [5.74, 6) is 0.784. The van der Waals surface area contributed by atoms with Gasteiger partial charge >= 0.3 is 0 Å². The summed E-state index contributed by atoms with van der Waals surface area (Å²) >= 11 is 5.72. The van der Waals surface area contributed by atoms with E-state index < -0.39 is 0 Å². The highest BCUT2D eigenvalue weighted by Gasteiger charge is 2.21. The first kappa shape index (κ1) is 15.3. The summed E-state index contributed by atoms with van der Waals surface area (Å²) < 4.78 is 0. The van der Waals surface area contributed by atoms with Crippen molar-refractivity contribution >= 4 is 17.5 Å². The number of alkyl halides is 1. The monoisotopic (exact) mass is 294 g/mol. The SMILES string of the molecule is Cc1ccccc1C(=O)NC1CCN(CCCCl)CC1. The maximum absolute atomic E-state index is 12.2. The molecule has 1 aliphatic heterocycles. The summed E-state index contributed by atoms with van der Waals surface area (Å²) in [6, 6.07) is 8.04. The van der Waals surface area contributed by atoms with Gasteiger partial charge < -0.3 is 10.2 Å². The molecule has 1 amide bonds. The van der Waals surface area contributed by atoms with Gasteiger partial charge in [-0.15, -0.1) is 11.6 Å². The first-order chi connectivity index (χ1) is 9.70. The van der Waals surface area contributed by atoms with E-state index in [0.29, 0.717) is 6.04 Å². The fraction of sp³-hybridized carbons (Fsp3) is 0.562. The zero-order valence-electron chi connectivity index (χ0n) is 12.1. The first-order valence-corrected chi connectivity index (χ1v) is 7.89. The lowest BCUT2D eigenvalue weighted by Gasteiger charge is -2.32. The van der Waals surface area contributed by atoms with Crippen LogP contribution in [0.4, 0.5) is 0 Å². The van der Waals surface area contributed by atoms with Crippen molar-refractivity contribution in [1.29, 1.82) is 0 Å². The van der Waals surface area contributed by atoms with Crippen LogP contribution in [-0.2, 0) is 0 Å². The Morgan fingerprint density at radius 2 is 2.05 bits per heavy atom. The molecule has 3 nitrogen and oxygen atoms in total. The van der Waals surface area contributed by atoms with Crippen molar-refractivity contribution in [3.63, 3.8) is 0 Å². The van der Waals surface area contributed by atoms with E-state index in [0.717, 1.165) is 55.9 Å². The van der Waals surface area contributed by atoms with Crippen molar-refractivity contribution in [2.75, 3.05) is 25.5 Å². The minimum absolute atomic E-state index is 0.0577. The Kier molecular flexibility index (Phi) is 5.86. The number of halogens is 1. The summed E-state index contributed by atoms with van der Waals surface area (Å²) in [5, 5.41) is 3.16. The molecule has 1 aliphatic rings. The third kappa shape index (κ3) is 4.22. The van der Waals surface area contributed by atoms with Gasteiger partial charge in [-0.25, -0.2) is 0 Å². The molecule has 0 atom stereocenters. The number of piperidine rings is 1. The van der Waals surface area contributed by atoms with Crippen molar-refractivity contribution in [3.05, 3.63) is 35.4 Å². The summed E-state index contributed by atoms with van der Waals surface area (Å²) in [4.78, 5) is 14.7. The van der Waals surface area contributed by atoms with Gasteiger partial charge in [0.2, 0.25) is 0 Å². The lowest BCUT2D eigenvalue weighted by atomic mass is 10.0. The lowest BCUT2D eigenvalue weighted by Crippen LogP contribution is -2.45. The van der Waals surface area contributed by atoms with Crippen LogP contribution in [0.25, 0.3) is 0 Å². The van der Waals surface area contributed by atoms with Gasteiger partial charge in [0.1, 0.15) is 0 Å². The van der Waals surface area contributed by atoms with Gasteiger partial charge in [0.15, 0.2) is 0 Å². The van der Waals surface area contributed by atoms with Gasteiger partial charge in [-0.1, -0.05) is 18.2 Å². The molecule has 1 heterocycles. The Labute approximate surface area is 126 Å². The normalized spacial score (nSPS) is 17.1. The lowest BCUT2D eigenvalue weighted by molar-refractivity contribution is 0.0910. The number of hydrogen-bond donors (Lipinski definition) is 1. The summed E-state index contributed by atoms with van der Waals surface area (Å²) in [7, 11) is 0. The van der Waals surface area contributed by atoms with E-state index in [1.165, 1.54) is 0 Å². The number of aryl methyl sites for hydroxylation is 1. The maximum atomic E-state index is 12.2. The van der Waals surface area contributed by atoms with Gasteiger partial charge in [0.05, 0.1) is 0 Å². The molecule has 1 fully saturated rings. The Balaban J connectivity index is 1.81. The fourth-order valence-electron chi connectivity index (χ4n) is 2.68. The summed E-state index contributed by atoms with van der Waals surface area (Å²) in [5.41, 5.74) is 1.82. The zero-order chi connectivity index (χ0) is 14.4. The first-order valence-electron chi connectivity index (χ1n) is 7.35. The second-order valence-corrected chi connectivity index (χ2v) is 5.82. The third-order valence-electron chi connectivity index (χ3n) is 3.92. The van der Waals surface area contributed by atoms with E-state index in [1.54, 1.807) is 0 Å². The minimum Gasteiger partial charge on any atom is -0.349 e. The number of carbonyl (C=O) groups excluding carboxylic acids is 1. The average molecular weight is 295 g/mol. The largest absolute Gasteiger partial charge is 0.349 e. The van der Waals surface area contributed by atoms with Crippen LogP contribution in [0.1, 0.15) is 35.2 Å². The Morgan fingerprint density at radius 3 is 2.70 bits per heavy atom. The molecule has 1 saturated heterocycles. The van der Waals surface area contributed by atoms with Crippen molar-refractivity contribution in [1.82, 2.24) is 10.2 Å². The Morgan fingerprint density at radius 1 is 1.35 bits per heavy atom. The molecular formula is C16H23ClN2O. The number of carbonyl (C=O) groups is 1. The maximum Gasteiger partial charge on any atom is 0.251 e. The number of amides is 1. The van der Waals surface area contributed by atoms with E-state index in [-0.39, 0.29) is 5.91 Å². The molecule has 0 radical (unpaired) electrons. The smallest absolute Gasteiger partial charge is 0.251 e. The molecule has 0 aromatic heterocycles. The van der Waals surface area contributed by atoms with E-state index in [1.807, 2.05) is 31.2 Å². The molecule has 4 heteroatoms. The number of rotatable bonds is 5. The number of hydrogen-bond acceptors (Lipinski definition) is 2. The molecule has 110 valence electrons. The topological polar surface area (TPSA) is 32.3 Å². The quantitative estimate of drug-likeness (QED) is 0.847. The van der Waals surface area contributed by atoms with Crippen LogP contribution in [0, 0.1) is 6.92 Å².